The predicted octanol–water partition coefficient (Wildman–Crippen LogP) is 3.06. The fourth-order valence-corrected chi connectivity index (χ4v) is 5.56. The molecule has 1 N–H and O–H groups in total. The number of hydrogen-bond donors (Lipinski definition) is 1. The number of fused-ring (bicyclic) bond motifs is 3. The van der Waals surface area contributed by atoms with Gasteiger partial charge < -0.3 is 10.0 Å². The largest absolute Gasteiger partial charge is 0.395 e. The zero-order chi connectivity index (χ0) is 19.1. The highest BCUT2D eigenvalue weighted by Crippen LogP contribution is 2.49. The van der Waals surface area contributed by atoms with Gasteiger partial charge in [-0.3, -0.25) is 14.7 Å². The molecule has 28 heavy (non-hydrogen) atoms. The molecule has 1 saturated carbocycles. The van der Waals surface area contributed by atoms with Crippen LogP contribution in [0, 0.1) is 5.92 Å². The molecule has 5 heteroatoms. The zero-order valence-corrected chi connectivity index (χ0v) is 16.1. The molecule has 3 atom stereocenters. The van der Waals surface area contributed by atoms with E-state index in [1.165, 1.54) is 31.2 Å². The van der Waals surface area contributed by atoms with Crippen LogP contribution in [0.15, 0.2) is 48.8 Å². The fraction of sp³-hybridized carbons (Fsp3) is 0.478. The van der Waals surface area contributed by atoms with Crippen molar-refractivity contribution in [2.75, 3.05) is 24.6 Å². The summed E-state index contributed by atoms with van der Waals surface area (Å²) < 4.78 is 0. The monoisotopic (exact) mass is 377 g/mol. The lowest BCUT2D eigenvalue weighted by Crippen LogP contribution is -2.69. The molecule has 3 aliphatic rings. The van der Waals surface area contributed by atoms with Gasteiger partial charge in [-0.05, 0) is 42.5 Å². The number of carbonyl (C=O) groups is 1. The van der Waals surface area contributed by atoms with Gasteiger partial charge in [0.1, 0.15) is 0 Å². The van der Waals surface area contributed by atoms with E-state index in [-0.39, 0.29) is 24.6 Å². The van der Waals surface area contributed by atoms with Crippen LogP contribution in [-0.4, -0.2) is 52.7 Å². The molecule has 2 aromatic rings. The second-order valence-electron chi connectivity index (χ2n) is 8.41. The van der Waals surface area contributed by atoms with Gasteiger partial charge in [0, 0.05) is 49.2 Å². The zero-order valence-electron chi connectivity index (χ0n) is 16.1. The van der Waals surface area contributed by atoms with E-state index in [0.717, 1.165) is 18.2 Å². The number of rotatable bonds is 4. The molecule has 1 aromatic carbocycles. The smallest absolute Gasteiger partial charge is 0.259 e. The average Bonchev–Trinajstić information content (AvgIpc) is 3.25. The van der Waals surface area contributed by atoms with Crippen molar-refractivity contribution in [1.82, 2.24) is 9.88 Å². The Balaban J connectivity index is 1.47. The SMILES string of the molecule is O=C(c1cccnc1)N1C[C@H]2[C@@H](c3ccccc31)[C@H](CO)N2CC1CCCC1. The van der Waals surface area contributed by atoms with Gasteiger partial charge >= 0.3 is 0 Å². The maximum Gasteiger partial charge on any atom is 0.259 e. The standard InChI is InChI=1S/C23H27N3O2/c27-15-21-22-18-9-3-4-10-19(18)26(23(28)17-8-5-11-24-12-17)14-20(22)25(21)13-16-6-1-2-7-16/h3-5,8-12,16,20-22,27H,1-2,6-7,13-15H2/t20-,21-,22+/m0/s1. The molecule has 3 heterocycles. The molecule has 5 rings (SSSR count). The van der Waals surface area contributed by atoms with E-state index in [9.17, 15) is 9.90 Å². The van der Waals surface area contributed by atoms with Crippen LogP contribution < -0.4 is 4.90 Å². The van der Waals surface area contributed by atoms with E-state index in [1.54, 1.807) is 12.4 Å². The number of aliphatic hydroxyl groups excluding tert-OH is 1. The first-order chi connectivity index (χ1) is 13.8. The molecular weight excluding hydrogens is 350 g/mol. The number of nitrogens with zero attached hydrogens (tertiary/aromatic N) is 3. The van der Waals surface area contributed by atoms with E-state index in [0.29, 0.717) is 18.0 Å². The van der Waals surface area contributed by atoms with Gasteiger partial charge in [0.2, 0.25) is 0 Å². The Morgan fingerprint density at radius 3 is 2.71 bits per heavy atom. The molecule has 2 aliphatic heterocycles. The van der Waals surface area contributed by atoms with Gasteiger partial charge in [0.15, 0.2) is 0 Å². The van der Waals surface area contributed by atoms with Crippen molar-refractivity contribution < 1.29 is 9.90 Å². The van der Waals surface area contributed by atoms with Crippen molar-refractivity contribution >= 4 is 11.6 Å². The van der Waals surface area contributed by atoms with Crippen molar-refractivity contribution in [3.8, 4) is 0 Å². The van der Waals surface area contributed by atoms with E-state index >= 15 is 0 Å². The highest BCUT2D eigenvalue weighted by molar-refractivity contribution is 6.06. The molecule has 1 aromatic heterocycles. The molecular formula is C23H27N3O2. The number of amides is 1. The molecule has 0 radical (unpaired) electrons. The maximum atomic E-state index is 13.3. The molecule has 0 unspecified atom stereocenters. The van der Waals surface area contributed by atoms with Gasteiger partial charge in [0.05, 0.1) is 12.2 Å². The second kappa shape index (κ2) is 7.30. The number of aromatic nitrogens is 1. The molecule has 1 aliphatic carbocycles. The average molecular weight is 377 g/mol. The predicted molar refractivity (Wildman–Crippen MR) is 108 cm³/mol. The van der Waals surface area contributed by atoms with Crippen LogP contribution in [0.5, 0.6) is 0 Å². The van der Waals surface area contributed by atoms with Gasteiger partial charge in [-0.2, -0.15) is 0 Å². The fourth-order valence-electron chi connectivity index (χ4n) is 5.56. The molecule has 1 saturated heterocycles. The molecule has 0 bridgehead atoms. The van der Waals surface area contributed by atoms with Crippen molar-refractivity contribution in [3.63, 3.8) is 0 Å². The quantitative estimate of drug-likeness (QED) is 0.890. The van der Waals surface area contributed by atoms with E-state index in [2.05, 4.69) is 16.0 Å². The van der Waals surface area contributed by atoms with Crippen molar-refractivity contribution in [2.45, 2.75) is 43.7 Å². The second-order valence-corrected chi connectivity index (χ2v) is 8.41. The first-order valence-electron chi connectivity index (χ1n) is 10.5. The minimum absolute atomic E-state index is 0.00673. The third-order valence-corrected chi connectivity index (χ3v) is 6.92. The number of para-hydroxylation sites is 1. The maximum absolute atomic E-state index is 13.3. The van der Waals surface area contributed by atoms with Crippen molar-refractivity contribution in [2.24, 2.45) is 5.92 Å². The summed E-state index contributed by atoms with van der Waals surface area (Å²) in [5.41, 5.74) is 2.80. The van der Waals surface area contributed by atoms with Gasteiger partial charge in [-0.1, -0.05) is 31.0 Å². The summed E-state index contributed by atoms with van der Waals surface area (Å²) in [4.78, 5) is 21.8. The molecule has 0 spiro atoms. The van der Waals surface area contributed by atoms with Crippen LogP contribution in [0.3, 0.4) is 0 Å². The molecule has 146 valence electrons. The van der Waals surface area contributed by atoms with Gasteiger partial charge in [0.25, 0.3) is 5.91 Å². The normalized spacial score (nSPS) is 27.2. The lowest BCUT2D eigenvalue weighted by Gasteiger charge is -2.59. The highest BCUT2D eigenvalue weighted by Gasteiger charge is 2.53. The van der Waals surface area contributed by atoms with Crippen molar-refractivity contribution in [1.29, 1.82) is 0 Å². The van der Waals surface area contributed by atoms with Crippen LogP contribution in [0.4, 0.5) is 5.69 Å². The van der Waals surface area contributed by atoms with Crippen LogP contribution in [0.2, 0.25) is 0 Å². The lowest BCUT2D eigenvalue weighted by atomic mass is 9.71. The Hall–Kier alpha value is -2.24. The number of pyridine rings is 1. The van der Waals surface area contributed by atoms with E-state index in [1.807, 2.05) is 35.2 Å². The number of anilines is 1. The van der Waals surface area contributed by atoms with E-state index < -0.39 is 0 Å². The first kappa shape index (κ1) is 17.8. The van der Waals surface area contributed by atoms with Gasteiger partial charge in [-0.25, -0.2) is 0 Å². The Bertz CT molecular complexity index is 850. The van der Waals surface area contributed by atoms with E-state index in [4.69, 9.17) is 0 Å². The first-order valence-corrected chi connectivity index (χ1v) is 10.5. The summed E-state index contributed by atoms with van der Waals surface area (Å²) in [6.45, 7) is 1.90. The molecule has 5 nitrogen and oxygen atoms in total. The topological polar surface area (TPSA) is 56.7 Å². The minimum Gasteiger partial charge on any atom is -0.395 e. The lowest BCUT2D eigenvalue weighted by molar-refractivity contribution is -0.0513. The number of benzene rings is 1. The van der Waals surface area contributed by atoms with Crippen LogP contribution in [0.1, 0.15) is 47.5 Å². The van der Waals surface area contributed by atoms with Crippen molar-refractivity contribution in [3.05, 3.63) is 59.9 Å². The van der Waals surface area contributed by atoms with Crippen LogP contribution >= 0.6 is 0 Å². The van der Waals surface area contributed by atoms with Crippen LogP contribution in [-0.2, 0) is 0 Å². The Morgan fingerprint density at radius 1 is 1.14 bits per heavy atom. The number of hydrogen-bond acceptors (Lipinski definition) is 4. The van der Waals surface area contributed by atoms with Crippen LogP contribution in [0.25, 0.3) is 0 Å². The summed E-state index contributed by atoms with van der Waals surface area (Å²) in [7, 11) is 0. The molecule has 1 amide bonds. The number of likely N-dealkylation sites (tertiary alicyclic amines) is 1. The number of carbonyl (C=O) groups excluding carboxylic acids is 1. The Morgan fingerprint density at radius 2 is 1.96 bits per heavy atom. The third-order valence-electron chi connectivity index (χ3n) is 6.92. The summed E-state index contributed by atoms with van der Waals surface area (Å²) in [6, 6.07) is 12.3. The third kappa shape index (κ3) is 2.85. The summed E-state index contributed by atoms with van der Waals surface area (Å²) in [5, 5.41) is 10.1. The summed E-state index contributed by atoms with van der Waals surface area (Å²) in [6.07, 6.45) is 8.57. The summed E-state index contributed by atoms with van der Waals surface area (Å²) >= 11 is 0. The molecule has 2 fully saturated rings. The highest BCUT2D eigenvalue weighted by atomic mass is 16.3. The summed E-state index contributed by atoms with van der Waals surface area (Å²) in [5.74, 6) is 1.04. The van der Waals surface area contributed by atoms with Gasteiger partial charge in [-0.15, -0.1) is 0 Å². The Kier molecular flexibility index (Phi) is 4.65. The Labute approximate surface area is 166 Å². The minimum atomic E-state index is 0.00673. The number of aliphatic hydroxyl groups is 1.